The van der Waals surface area contributed by atoms with E-state index in [1.807, 2.05) is 6.07 Å². The topological polar surface area (TPSA) is 94.0 Å². The number of sulfone groups is 1. The first kappa shape index (κ1) is 14.7. The van der Waals surface area contributed by atoms with Gasteiger partial charge in [-0.05, 0) is 25.0 Å². The largest absolute Gasteiger partial charge is 0.322 e. The highest BCUT2D eigenvalue weighted by Crippen LogP contribution is 2.29. The first-order valence-corrected chi connectivity index (χ1v) is 8.64. The normalized spacial score (nSPS) is 14.8. The number of hydrogen-bond donors (Lipinski definition) is 1. The van der Waals surface area contributed by atoms with Crippen LogP contribution in [0.25, 0.3) is 11.4 Å². The molecule has 1 fully saturated rings. The summed E-state index contributed by atoms with van der Waals surface area (Å²) in [5.74, 6) is -1.04. The number of rotatable bonds is 5. The fourth-order valence-corrected chi connectivity index (χ4v) is 3.71. The monoisotopic (exact) mass is 320 g/mol. The third-order valence-corrected chi connectivity index (χ3v) is 5.53. The van der Waals surface area contributed by atoms with Crippen LogP contribution in [0.3, 0.4) is 0 Å². The second-order valence-electron chi connectivity index (χ2n) is 5.33. The summed E-state index contributed by atoms with van der Waals surface area (Å²) in [6, 6.07) is 5.38. The van der Waals surface area contributed by atoms with Gasteiger partial charge in [-0.1, -0.05) is 6.07 Å². The van der Waals surface area contributed by atoms with Gasteiger partial charge in [0.2, 0.25) is 5.91 Å². The van der Waals surface area contributed by atoms with Crippen molar-refractivity contribution in [3.8, 4) is 11.4 Å². The second kappa shape index (κ2) is 5.53. The lowest BCUT2D eigenvalue weighted by molar-refractivity contribution is -0.113. The maximum Gasteiger partial charge on any atom is 0.239 e. The summed E-state index contributed by atoms with van der Waals surface area (Å²) in [5, 5.41) is 6.55. The molecule has 8 heteroatoms. The lowest BCUT2D eigenvalue weighted by Crippen LogP contribution is -2.25. The number of pyridine rings is 1. The molecule has 1 amide bonds. The van der Waals surface area contributed by atoms with E-state index >= 15 is 0 Å². The van der Waals surface area contributed by atoms with Crippen LogP contribution in [0.1, 0.15) is 12.8 Å². The van der Waals surface area contributed by atoms with Crippen LogP contribution in [0.4, 0.5) is 5.69 Å². The van der Waals surface area contributed by atoms with Crippen LogP contribution in [0.15, 0.2) is 30.6 Å². The molecule has 7 nitrogen and oxygen atoms in total. The van der Waals surface area contributed by atoms with Crippen LogP contribution in [0, 0.1) is 0 Å². The van der Waals surface area contributed by atoms with Gasteiger partial charge in [0.25, 0.3) is 0 Å². The quantitative estimate of drug-likeness (QED) is 0.887. The van der Waals surface area contributed by atoms with Gasteiger partial charge < -0.3 is 5.32 Å². The van der Waals surface area contributed by atoms with Crippen molar-refractivity contribution in [1.82, 2.24) is 14.8 Å². The average molecular weight is 320 g/mol. The number of aromatic nitrogens is 3. The van der Waals surface area contributed by atoms with Crippen molar-refractivity contribution in [1.29, 1.82) is 0 Å². The molecule has 1 aliphatic rings. The zero-order valence-electron chi connectivity index (χ0n) is 12.1. The van der Waals surface area contributed by atoms with E-state index in [2.05, 4.69) is 15.4 Å². The molecular weight excluding hydrogens is 304 g/mol. The number of nitrogens with zero attached hydrogens (tertiary/aromatic N) is 3. The van der Waals surface area contributed by atoms with Gasteiger partial charge in [0.05, 0.1) is 16.6 Å². The van der Waals surface area contributed by atoms with Crippen molar-refractivity contribution in [3.05, 3.63) is 30.6 Å². The van der Waals surface area contributed by atoms with Crippen LogP contribution in [-0.4, -0.2) is 40.1 Å². The lowest BCUT2D eigenvalue weighted by atomic mass is 10.2. The predicted molar refractivity (Wildman–Crippen MR) is 81.9 cm³/mol. The number of amides is 1. The van der Waals surface area contributed by atoms with Crippen LogP contribution in [0.5, 0.6) is 0 Å². The highest BCUT2D eigenvalue weighted by atomic mass is 32.2. The maximum absolute atomic E-state index is 12.0. The molecule has 1 N–H and O–H groups in total. The maximum atomic E-state index is 12.0. The minimum Gasteiger partial charge on any atom is -0.322 e. The zero-order valence-corrected chi connectivity index (χ0v) is 12.9. The van der Waals surface area contributed by atoms with Crippen molar-refractivity contribution in [2.24, 2.45) is 7.05 Å². The highest BCUT2D eigenvalue weighted by molar-refractivity contribution is 7.93. The molecule has 0 spiro atoms. The van der Waals surface area contributed by atoms with Gasteiger partial charge in [-0.25, -0.2) is 8.42 Å². The molecule has 1 saturated carbocycles. The Morgan fingerprint density at radius 3 is 2.82 bits per heavy atom. The molecule has 2 aromatic heterocycles. The molecule has 0 bridgehead atoms. The average Bonchev–Trinajstić information content (AvgIpc) is 3.25. The minimum atomic E-state index is -3.33. The Kier molecular flexibility index (Phi) is 3.69. The second-order valence-corrected chi connectivity index (χ2v) is 7.62. The summed E-state index contributed by atoms with van der Waals surface area (Å²) < 4.78 is 25.3. The van der Waals surface area contributed by atoms with E-state index in [-0.39, 0.29) is 5.25 Å². The fourth-order valence-electron chi connectivity index (χ4n) is 2.19. The summed E-state index contributed by atoms with van der Waals surface area (Å²) in [4.78, 5) is 16.2. The van der Waals surface area contributed by atoms with Gasteiger partial charge in [0, 0.05) is 19.4 Å². The standard InChI is InChI=1S/C14H16N4O3S/c1-18-8-12(14(17-18)11-4-2-3-7-15-11)16-13(19)9-22(20,21)10-5-6-10/h2-4,7-8,10H,5-6,9H2,1H3,(H,16,19). The highest BCUT2D eigenvalue weighted by Gasteiger charge is 2.37. The van der Waals surface area contributed by atoms with Crippen LogP contribution in [-0.2, 0) is 21.7 Å². The number of aryl methyl sites for hydroxylation is 1. The lowest BCUT2D eigenvalue weighted by Gasteiger charge is -2.05. The molecule has 2 aromatic rings. The Morgan fingerprint density at radius 1 is 1.41 bits per heavy atom. The third-order valence-electron chi connectivity index (χ3n) is 3.37. The molecule has 0 radical (unpaired) electrons. The summed E-state index contributed by atoms with van der Waals surface area (Å²) in [5.41, 5.74) is 1.58. The van der Waals surface area contributed by atoms with E-state index in [1.165, 1.54) is 0 Å². The number of carbonyl (C=O) groups is 1. The van der Waals surface area contributed by atoms with Crippen molar-refractivity contribution in [3.63, 3.8) is 0 Å². The predicted octanol–water partition coefficient (Wildman–Crippen LogP) is 0.998. The van der Waals surface area contributed by atoms with E-state index in [0.717, 1.165) is 0 Å². The van der Waals surface area contributed by atoms with Crippen molar-refractivity contribution in [2.45, 2.75) is 18.1 Å². The molecule has 0 saturated heterocycles. The van der Waals surface area contributed by atoms with Crippen molar-refractivity contribution >= 4 is 21.4 Å². The first-order valence-electron chi connectivity index (χ1n) is 6.92. The molecule has 1 aliphatic carbocycles. The molecule has 22 heavy (non-hydrogen) atoms. The number of nitrogens with one attached hydrogen (secondary N) is 1. The van der Waals surface area contributed by atoms with Crippen LogP contribution < -0.4 is 5.32 Å². The number of anilines is 1. The van der Waals surface area contributed by atoms with E-state index in [9.17, 15) is 13.2 Å². The molecule has 0 atom stereocenters. The molecule has 3 rings (SSSR count). The Morgan fingerprint density at radius 2 is 2.18 bits per heavy atom. The number of hydrogen-bond acceptors (Lipinski definition) is 5. The van der Waals surface area contributed by atoms with Gasteiger partial charge in [0.1, 0.15) is 11.4 Å². The Hall–Kier alpha value is -2.22. The van der Waals surface area contributed by atoms with Gasteiger partial charge in [0.15, 0.2) is 9.84 Å². The van der Waals surface area contributed by atoms with Gasteiger partial charge in [-0.2, -0.15) is 5.10 Å². The van der Waals surface area contributed by atoms with Gasteiger partial charge in [-0.15, -0.1) is 0 Å². The zero-order chi connectivity index (χ0) is 15.7. The summed E-state index contributed by atoms with van der Waals surface area (Å²) >= 11 is 0. The molecule has 0 aromatic carbocycles. The van der Waals surface area contributed by atoms with Gasteiger partial charge >= 0.3 is 0 Å². The smallest absolute Gasteiger partial charge is 0.239 e. The fraction of sp³-hybridized carbons (Fsp3) is 0.357. The van der Waals surface area contributed by atoms with E-state index < -0.39 is 21.5 Å². The van der Waals surface area contributed by atoms with E-state index in [4.69, 9.17) is 0 Å². The summed E-state index contributed by atoms with van der Waals surface area (Å²) in [7, 11) is -1.61. The molecular formula is C14H16N4O3S. The Balaban J connectivity index is 1.79. The van der Waals surface area contributed by atoms with Crippen molar-refractivity contribution < 1.29 is 13.2 Å². The van der Waals surface area contributed by atoms with Crippen LogP contribution >= 0.6 is 0 Å². The van der Waals surface area contributed by atoms with Crippen molar-refractivity contribution in [2.75, 3.05) is 11.1 Å². The SMILES string of the molecule is Cn1cc(NC(=O)CS(=O)(=O)C2CC2)c(-c2ccccn2)n1. The van der Waals surface area contributed by atoms with E-state index in [1.54, 1.807) is 36.3 Å². The van der Waals surface area contributed by atoms with Gasteiger partial charge in [-0.3, -0.25) is 14.5 Å². The summed E-state index contributed by atoms with van der Waals surface area (Å²) in [6.07, 6.45) is 4.57. The molecule has 2 heterocycles. The molecule has 116 valence electrons. The number of carbonyl (C=O) groups excluding carboxylic acids is 1. The molecule has 0 unspecified atom stereocenters. The van der Waals surface area contributed by atoms with Crippen LogP contribution in [0.2, 0.25) is 0 Å². The molecule has 0 aliphatic heterocycles. The Bertz CT molecular complexity index is 795. The minimum absolute atomic E-state index is 0.345. The first-order chi connectivity index (χ1) is 10.5. The van der Waals surface area contributed by atoms with E-state index in [0.29, 0.717) is 29.9 Å². The third kappa shape index (κ3) is 3.16. The summed E-state index contributed by atoms with van der Waals surface area (Å²) in [6.45, 7) is 0. The Labute approximate surface area is 128 Å².